The van der Waals surface area contributed by atoms with Gasteiger partial charge in [-0.3, -0.25) is 4.79 Å². The number of halogens is 1. The zero-order valence-corrected chi connectivity index (χ0v) is 15.3. The first-order valence-electron chi connectivity index (χ1n) is 8.01. The van der Waals surface area contributed by atoms with Crippen molar-refractivity contribution in [1.82, 2.24) is 15.1 Å². The molecule has 5 nitrogen and oxygen atoms in total. The molecule has 24 heavy (non-hydrogen) atoms. The van der Waals surface area contributed by atoms with E-state index >= 15 is 0 Å². The van der Waals surface area contributed by atoms with Crippen LogP contribution in [0.15, 0.2) is 33.9 Å². The van der Waals surface area contributed by atoms with Gasteiger partial charge in [0.05, 0.1) is 5.75 Å². The van der Waals surface area contributed by atoms with Crippen LogP contribution in [0.1, 0.15) is 20.3 Å². The van der Waals surface area contributed by atoms with Crippen molar-refractivity contribution in [2.75, 3.05) is 18.8 Å². The van der Waals surface area contributed by atoms with Crippen LogP contribution in [0.4, 0.5) is 0 Å². The first-order valence-corrected chi connectivity index (χ1v) is 9.37. The van der Waals surface area contributed by atoms with E-state index in [1.165, 1.54) is 18.2 Å². The van der Waals surface area contributed by atoms with Gasteiger partial charge in [-0.05, 0) is 42.5 Å². The largest absolute Gasteiger partial charge is 0.411 e. The molecule has 1 aliphatic rings. The topological polar surface area (TPSA) is 59.2 Å². The smallest absolute Gasteiger partial charge is 0.277 e. The van der Waals surface area contributed by atoms with Crippen LogP contribution in [-0.2, 0) is 4.79 Å². The number of rotatable bonds is 4. The third-order valence-electron chi connectivity index (χ3n) is 4.04. The minimum Gasteiger partial charge on any atom is -0.411 e. The molecule has 0 spiro atoms. The van der Waals surface area contributed by atoms with Crippen molar-refractivity contribution in [3.8, 4) is 11.5 Å². The highest BCUT2D eigenvalue weighted by Crippen LogP contribution is 2.26. The summed E-state index contributed by atoms with van der Waals surface area (Å²) >= 11 is 7.16. The first-order chi connectivity index (χ1) is 11.5. The molecule has 3 rings (SSSR count). The van der Waals surface area contributed by atoms with Gasteiger partial charge in [0.2, 0.25) is 11.8 Å². The van der Waals surface area contributed by atoms with Gasteiger partial charge in [0.15, 0.2) is 0 Å². The van der Waals surface area contributed by atoms with Gasteiger partial charge in [-0.2, -0.15) is 0 Å². The summed E-state index contributed by atoms with van der Waals surface area (Å²) in [6.45, 7) is 6.06. The van der Waals surface area contributed by atoms with Crippen LogP contribution in [0.5, 0.6) is 0 Å². The fourth-order valence-electron chi connectivity index (χ4n) is 3.06. The van der Waals surface area contributed by atoms with Gasteiger partial charge in [0.1, 0.15) is 0 Å². The lowest BCUT2D eigenvalue weighted by atomic mass is 9.92. The molecule has 128 valence electrons. The van der Waals surface area contributed by atoms with Crippen molar-refractivity contribution in [3.05, 3.63) is 29.3 Å². The molecule has 0 aliphatic carbocycles. The molecule has 0 saturated carbocycles. The molecule has 0 bridgehead atoms. The van der Waals surface area contributed by atoms with E-state index in [4.69, 9.17) is 16.0 Å². The predicted octanol–water partition coefficient (Wildman–Crippen LogP) is 3.99. The predicted molar refractivity (Wildman–Crippen MR) is 95.0 cm³/mol. The van der Waals surface area contributed by atoms with E-state index in [1.54, 1.807) is 12.1 Å². The molecule has 2 aromatic rings. The highest BCUT2D eigenvalue weighted by atomic mass is 35.5. The number of aromatic nitrogens is 2. The number of thioether (sulfide) groups is 1. The van der Waals surface area contributed by atoms with Gasteiger partial charge in [-0.25, -0.2) is 0 Å². The number of benzene rings is 1. The SMILES string of the molecule is C[C@@H]1C[C@@H](C)CN(C(=O)CSc2nnc(-c3ccc(Cl)cc3)o2)C1. The maximum Gasteiger partial charge on any atom is 0.277 e. The van der Waals surface area contributed by atoms with Crippen molar-refractivity contribution >= 4 is 29.3 Å². The number of amides is 1. The maximum absolute atomic E-state index is 12.4. The summed E-state index contributed by atoms with van der Waals surface area (Å²) in [6, 6.07) is 7.20. The monoisotopic (exact) mass is 365 g/mol. The van der Waals surface area contributed by atoms with Crippen molar-refractivity contribution in [2.45, 2.75) is 25.5 Å². The quantitative estimate of drug-likeness (QED) is 0.767. The summed E-state index contributed by atoms with van der Waals surface area (Å²) in [5.74, 6) is 2.00. The van der Waals surface area contributed by atoms with E-state index in [1.807, 2.05) is 17.0 Å². The summed E-state index contributed by atoms with van der Waals surface area (Å²) in [5, 5.41) is 9.09. The van der Waals surface area contributed by atoms with E-state index in [0.29, 0.717) is 33.7 Å². The second kappa shape index (κ2) is 7.57. The van der Waals surface area contributed by atoms with E-state index in [0.717, 1.165) is 18.7 Å². The minimum atomic E-state index is 0.129. The molecule has 1 amide bonds. The average molecular weight is 366 g/mol. The number of piperidine rings is 1. The number of carbonyl (C=O) groups is 1. The summed E-state index contributed by atoms with van der Waals surface area (Å²) in [7, 11) is 0. The Bertz CT molecular complexity index is 694. The Morgan fingerprint density at radius 1 is 1.25 bits per heavy atom. The fraction of sp³-hybridized carbons (Fsp3) is 0.471. The normalized spacial score (nSPS) is 21.0. The maximum atomic E-state index is 12.4. The lowest BCUT2D eigenvalue weighted by molar-refractivity contribution is -0.130. The summed E-state index contributed by atoms with van der Waals surface area (Å²) in [4.78, 5) is 14.3. The van der Waals surface area contributed by atoms with Crippen molar-refractivity contribution < 1.29 is 9.21 Å². The second-order valence-electron chi connectivity index (χ2n) is 6.41. The average Bonchev–Trinajstić information content (AvgIpc) is 3.01. The van der Waals surface area contributed by atoms with Gasteiger partial charge < -0.3 is 9.32 Å². The van der Waals surface area contributed by atoms with Crippen LogP contribution in [0.2, 0.25) is 5.02 Å². The van der Waals surface area contributed by atoms with E-state index in [9.17, 15) is 4.79 Å². The zero-order chi connectivity index (χ0) is 17.1. The van der Waals surface area contributed by atoms with Crippen LogP contribution >= 0.6 is 23.4 Å². The van der Waals surface area contributed by atoms with Gasteiger partial charge in [0, 0.05) is 23.7 Å². The Morgan fingerprint density at radius 2 is 1.92 bits per heavy atom. The Morgan fingerprint density at radius 3 is 2.58 bits per heavy atom. The van der Waals surface area contributed by atoms with Crippen LogP contribution in [0.25, 0.3) is 11.5 Å². The van der Waals surface area contributed by atoms with Crippen molar-refractivity contribution in [2.24, 2.45) is 11.8 Å². The van der Waals surface area contributed by atoms with Crippen LogP contribution in [0, 0.1) is 11.8 Å². The van der Waals surface area contributed by atoms with Gasteiger partial charge in [-0.1, -0.05) is 37.2 Å². The van der Waals surface area contributed by atoms with Crippen molar-refractivity contribution in [3.63, 3.8) is 0 Å². The first kappa shape index (κ1) is 17.3. The Balaban J connectivity index is 1.57. The zero-order valence-electron chi connectivity index (χ0n) is 13.7. The van der Waals surface area contributed by atoms with Gasteiger partial charge >= 0.3 is 0 Å². The Hall–Kier alpha value is -1.53. The second-order valence-corrected chi connectivity index (χ2v) is 7.78. The highest BCUT2D eigenvalue weighted by Gasteiger charge is 2.25. The molecule has 0 radical (unpaired) electrons. The number of hydrogen-bond acceptors (Lipinski definition) is 5. The van der Waals surface area contributed by atoms with Crippen LogP contribution < -0.4 is 0 Å². The summed E-state index contributed by atoms with van der Waals surface area (Å²) in [5.41, 5.74) is 0.809. The van der Waals surface area contributed by atoms with E-state index in [2.05, 4.69) is 24.0 Å². The molecule has 2 atom stereocenters. The highest BCUT2D eigenvalue weighted by molar-refractivity contribution is 7.99. The molecule has 1 aromatic heterocycles. The summed E-state index contributed by atoms with van der Waals surface area (Å²) in [6.07, 6.45) is 1.19. The molecule has 7 heteroatoms. The number of hydrogen-bond donors (Lipinski definition) is 0. The lowest BCUT2D eigenvalue weighted by Crippen LogP contribution is -2.43. The fourth-order valence-corrected chi connectivity index (χ4v) is 3.85. The number of nitrogens with zero attached hydrogens (tertiary/aromatic N) is 3. The molecular weight excluding hydrogens is 346 g/mol. The van der Waals surface area contributed by atoms with E-state index < -0.39 is 0 Å². The molecular formula is C17H20ClN3O2S. The summed E-state index contributed by atoms with van der Waals surface area (Å²) < 4.78 is 5.62. The molecule has 1 fully saturated rings. The molecule has 0 unspecified atom stereocenters. The standard InChI is InChI=1S/C17H20ClN3O2S/c1-11-7-12(2)9-21(8-11)15(22)10-24-17-20-19-16(23-17)13-3-5-14(18)6-4-13/h3-6,11-12H,7-10H2,1-2H3/t11-,12-/m1/s1. The Labute approximate surface area is 150 Å². The number of carbonyl (C=O) groups excluding carboxylic acids is 1. The third kappa shape index (κ3) is 4.30. The molecule has 1 aliphatic heterocycles. The minimum absolute atomic E-state index is 0.129. The molecule has 1 saturated heterocycles. The van der Waals surface area contributed by atoms with E-state index in [-0.39, 0.29) is 5.91 Å². The number of likely N-dealkylation sites (tertiary alicyclic amines) is 1. The van der Waals surface area contributed by atoms with Gasteiger partial charge in [0.25, 0.3) is 5.22 Å². The van der Waals surface area contributed by atoms with Crippen molar-refractivity contribution in [1.29, 1.82) is 0 Å². The van der Waals surface area contributed by atoms with Crippen LogP contribution in [-0.4, -0.2) is 39.8 Å². The third-order valence-corrected chi connectivity index (χ3v) is 5.09. The Kier molecular flexibility index (Phi) is 5.46. The van der Waals surface area contributed by atoms with Gasteiger partial charge in [-0.15, -0.1) is 10.2 Å². The molecule has 2 heterocycles. The van der Waals surface area contributed by atoms with Crippen LogP contribution in [0.3, 0.4) is 0 Å². The molecule has 1 aromatic carbocycles. The lowest BCUT2D eigenvalue weighted by Gasteiger charge is -2.34. The molecule has 0 N–H and O–H groups in total.